The fourth-order valence-electron chi connectivity index (χ4n) is 7.11. The van der Waals surface area contributed by atoms with Crippen LogP contribution in [0.15, 0.2) is 54.7 Å². The zero-order valence-electron chi connectivity index (χ0n) is 49.2. The number of hydrogen-bond donors (Lipinski definition) is 1. The molecule has 1 aromatic heterocycles. The second kappa shape index (κ2) is 50.3. The van der Waals surface area contributed by atoms with Gasteiger partial charge in [-0.15, -0.1) is 0 Å². The number of nitrogens with zero attached hydrogens (tertiary/aromatic N) is 1. The first kappa shape index (κ1) is 71.1. The van der Waals surface area contributed by atoms with Crippen molar-refractivity contribution in [1.82, 2.24) is 10.3 Å². The van der Waals surface area contributed by atoms with E-state index in [9.17, 15) is 13.6 Å². The van der Waals surface area contributed by atoms with E-state index in [0.717, 1.165) is 50.0 Å². The van der Waals surface area contributed by atoms with Gasteiger partial charge in [-0.1, -0.05) is 138 Å². The fourth-order valence-corrected chi connectivity index (χ4v) is 7.11. The van der Waals surface area contributed by atoms with Crippen LogP contribution < -0.4 is 19.5 Å². The van der Waals surface area contributed by atoms with E-state index in [1.807, 2.05) is 44.3 Å². The number of aromatic nitrogens is 1. The molecule has 0 unspecified atom stereocenters. The minimum atomic E-state index is -0.327. The zero-order valence-corrected chi connectivity index (χ0v) is 49.2. The van der Waals surface area contributed by atoms with E-state index >= 15 is 0 Å². The highest BCUT2D eigenvalue weighted by Gasteiger charge is 2.09. The Labute approximate surface area is 464 Å². The number of pyridine rings is 1. The third kappa shape index (κ3) is 40.8. The molecule has 0 fully saturated rings. The molecule has 0 aliphatic carbocycles. The Morgan fingerprint density at radius 1 is 0.429 bits per heavy atom. The number of hydrogen-bond acceptors (Lipinski definition) is 12. The predicted octanol–water partition coefficient (Wildman–Crippen LogP) is 14.0. The van der Waals surface area contributed by atoms with Crippen molar-refractivity contribution in [1.29, 1.82) is 0 Å². The van der Waals surface area contributed by atoms with Gasteiger partial charge in [-0.05, 0) is 84.4 Å². The van der Waals surface area contributed by atoms with E-state index < -0.39 is 0 Å². The van der Waals surface area contributed by atoms with Gasteiger partial charge in [0.1, 0.15) is 6.61 Å². The van der Waals surface area contributed by atoms with E-state index in [1.165, 1.54) is 69.4 Å². The van der Waals surface area contributed by atoms with Crippen LogP contribution in [-0.2, 0) is 38.0 Å². The first-order valence-corrected chi connectivity index (χ1v) is 29.2. The van der Waals surface area contributed by atoms with Crippen LogP contribution in [-0.4, -0.2) is 130 Å². The summed E-state index contributed by atoms with van der Waals surface area (Å²) in [4.78, 5) is 16.1. The predicted molar refractivity (Wildman–Crippen MR) is 306 cm³/mol. The van der Waals surface area contributed by atoms with Gasteiger partial charge >= 0.3 is 0 Å². The monoisotopic (exact) mass is 1090 g/mol. The Morgan fingerprint density at radius 3 is 1.23 bits per heavy atom. The van der Waals surface area contributed by atoms with Crippen molar-refractivity contribution in [3.05, 3.63) is 83.1 Å². The van der Waals surface area contributed by atoms with Crippen molar-refractivity contribution in [3.8, 4) is 17.4 Å². The van der Waals surface area contributed by atoms with E-state index in [0.29, 0.717) is 141 Å². The van der Waals surface area contributed by atoms with Crippen LogP contribution >= 0.6 is 0 Å². The number of nitrogens with one attached hydrogen (secondary N) is 1. The second-order valence-corrected chi connectivity index (χ2v) is 19.7. The van der Waals surface area contributed by atoms with Crippen molar-refractivity contribution in [3.63, 3.8) is 0 Å². The molecule has 0 saturated carbocycles. The molecule has 442 valence electrons. The summed E-state index contributed by atoms with van der Waals surface area (Å²) >= 11 is 0. The molecule has 2 aromatic carbocycles. The molecular formula is C62H104F2N2O11. The Balaban J connectivity index is 0.000000587. The summed E-state index contributed by atoms with van der Waals surface area (Å²) in [6, 6.07) is 14.3. The Kier molecular flexibility index (Phi) is 46.4. The number of amides is 1. The molecule has 3 rings (SSSR count). The van der Waals surface area contributed by atoms with Crippen LogP contribution in [0.3, 0.4) is 0 Å². The number of ether oxygens (including phenoxy) is 10. The standard InChI is InChI=1S/C23H40N2O6.C21H35FO.C18H29FO4/c1-4-10-27-13-15-29-17-18-30-16-14-28-12-8-22(26)24-9-5-11-31-23-7-6-21(19-25-23)20(2)3;1-4-5-6-7-8-9-10-11-12-13-16-23-21-15-14-19(18(2)3)17-20(21)22;1-4-7-20-8-9-21-10-11-22-12-13-23-18-6-5-16(15(2)3)14-17(18)19/h6-7,19-20H,4-5,8-18H2,1-3H3,(H,24,26);14-15,17-18H,4-13,16H2,1-3H3;5-6,14-15H,4,7-13H2,1-3H3. The van der Waals surface area contributed by atoms with Crippen molar-refractivity contribution in [2.75, 3.05) is 119 Å². The zero-order chi connectivity index (χ0) is 56.4. The molecule has 0 aliphatic rings. The lowest BCUT2D eigenvalue weighted by atomic mass is 10.0. The highest BCUT2D eigenvalue weighted by Crippen LogP contribution is 2.24. The minimum absolute atomic E-state index is 0.0287. The van der Waals surface area contributed by atoms with Gasteiger partial charge in [0.05, 0.1) is 92.5 Å². The SMILES string of the molecule is CCCCCCCCCCCCOc1ccc(C(C)C)cc1F.CCCOCCOCCOCCOCCC(=O)NCCCOc1ccc(C(C)C)cn1.CCCOCCOCCOCCOc1ccc(C(C)C)cc1F. The minimum Gasteiger partial charge on any atom is -0.491 e. The average molecular weight is 1090 g/mol. The number of rotatable bonds is 46. The van der Waals surface area contributed by atoms with Crippen molar-refractivity contribution < 1.29 is 60.9 Å². The normalized spacial score (nSPS) is 11.1. The van der Waals surface area contributed by atoms with Gasteiger partial charge in [-0.25, -0.2) is 13.8 Å². The van der Waals surface area contributed by atoms with Gasteiger partial charge in [0.15, 0.2) is 23.1 Å². The smallest absolute Gasteiger partial charge is 0.222 e. The van der Waals surface area contributed by atoms with Crippen LogP contribution in [0.2, 0.25) is 0 Å². The van der Waals surface area contributed by atoms with Gasteiger partial charge in [-0.2, -0.15) is 0 Å². The Hall–Kier alpha value is -3.96. The molecule has 1 amide bonds. The first-order valence-electron chi connectivity index (χ1n) is 29.2. The first-order chi connectivity index (χ1) is 37.4. The molecule has 3 aromatic rings. The number of carbonyl (C=O) groups is 1. The number of benzene rings is 2. The molecular weight excluding hydrogens is 987 g/mol. The van der Waals surface area contributed by atoms with E-state index in [-0.39, 0.29) is 23.3 Å². The van der Waals surface area contributed by atoms with Gasteiger partial charge in [0.25, 0.3) is 0 Å². The summed E-state index contributed by atoms with van der Waals surface area (Å²) in [6.45, 7) is 28.6. The molecule has 77 heavy (non-hydrogen) atoms. The van der Waals surface area contributed by atoms with Crippen LogP contribution in [0.1, 0.15) is 187 Å². The van der Waals surface area contributed by atoms with Gasteiger partial charge in [0.2, 0.25) is 11.8 Å². The summed E-state index contributed by atoms with van der Waals surface area (Å²) in [5.41, 5.74) is 3.17. The summed E-state index contributed by atoms with van der Waals surface area (Å²) < 4.78 is 81.8. The lowest BCUT2D eigenvalue weighted by molar-refractivity contribution is -0.122. The largest absolute Gasteiger partial charge is 0.491 e. The van der Waals surface area contributed by atoms with Crippen LogP contribution in [0.25, 0.3) is 0 Å². The van der Waals surface area contributed by atoms with Crippen molar-refractivity contribution >= 4 is 5.91 Å². The third-order valence-corrected chi connectivity index (χ3v) is 11.8. The van der Waals surface area contributed by atoms with Crippen molar-refractivity contribution in [2.45, 2.75) is 170 Å². The summed E-state index contributed by atoms with van der Waals surface area (Å²) in [5.74, 6) is 1.78. The molecule has 0 spiro atoms. The molecule has 13 nitrogen and oxygen atoms in total. The molecule has 0 bridgehead atoms. The summed E-state index contributed by atoms with van der Waals surface area (Å²) in [5, 5.41) is 2.86. The Bertz CT molecular complexity index is 1730. The fraction of sp³-hybridized carbons (Fsp3) is 0.710. The van der Waals surface area contributed by atoms with E-state index in [1.54, 1.807) is 18.2 Å². The highest BCUT2D eigenvalue weighted by molar-refractivity contribution is 5.75. The Morgan fingerprint density at radius 2 is 0.818 bits per heavy atom. The molecule has 0 aliphatic heterocycles. The third-order valence-electron chi connectivity index (χ3n) is 11.8. The lowest BCUT2D eigenvalue weighted by Gasteiger charge is -2.11. The molecule has 0 atom stereocenters. The van der Waals surface area contributed by atoms with Gasteiger partial charge in [-0.3, -0.25) is 4.79 Å². The quantitative estimate of drug-likeness (QED) is 0.0540. The van der Waals surface area contributed by atoms with Crippen LogP contribution in [0.4, 0.5) is 8.78 Å². The van der Waals surface area contributed by atoms with Crippen molar-refractivity contribution in [2.24, 2.45) is 0 Å². The van der Waals surface area contributed by atoms with E-state index in [2.05, 4.69) is 58.8 Å². The second-order valence-electron chi connectivity index (χ2n) is 19.7. The van der Waals surface area contributed by atoms with E-state index in [4.69, 9.17) is 47.4 Å². The molecule has 15 heteroatoms. The maximum absolute atomic E-state index is 13.9. The van der Waals surface area contributed by atoms with Gasteiger partial charge < -0.3 is 52.7 Å². The number of unbranched alkanes of at least 4 members (excludes halogenated alkanes) is 9. The maximum atomic E-state index is 13.9. The molecule has 0 saturated heterocycles. The highest BCUT2D eigenvalue weighted by atomic mass is 19.1. The maximum Gasteiger partial charge on any atom is 0.222 e. The number of carbonyl (C=O) groups excluding carboxylic acids is 1. The average Bonchev–Trinajstić information content (AvgIpc) is 3.42. The van der Waals surface area contributed by atoms with Crippen LogP contribution in [0, 0.1) is 11.6 Å². The van der Waals surface area contributed by atoms with Gasteiger partial charge in [0, 0.05) is 38.4 Å². The number of halogens is 2. The molecule has 0 radical (unpaired) electrons. The lowest BCUT2D eigenvalue weighted by Crippen LogP contribution is -2.26. The molecule has 1 N–H and O–H groups in total. The van der Waals surface area contributed by atoms with Crippen LogP contribution in [0.5, 0.6) is 17.4 Å². The summed E-state index contributed by atoms with van der Waals surface area (Å²) in [7, 11) is 0. The topological polar surface area (TPSA) is 134 Å². The molecule has 1 heterocycles. The summed E-state index contributed by atoms with van der Waals surface area (Å²) in [6.07, 6.45) is 17.9.